The van der Waals surface area contributed by atoms with Crippen molar-refractivity contribution in [2.24, 2.45) is 0 Å². The highest BCUT2D eigenvalue weighted by Gasteiger charge is 2.23. The molecule has 0 saturated carbocycles. The molecule has 16 heavy (non-hydrogen) atoms. The third-order valence-corrected chi connectivity index (χ3v) is 3.83. The van der Waals surface area contributed by atoms with Gasteiger partial charge in [0.1, 0.15) is 0 Å². The zero-order valence-electron chi connectivity index (χ0n) is 8.51. The van der Waals surface area contributed by atoms with Crippen LogP contribution in [0.1, 0.15) is 23.3 Å². The van der Waals surface area contributed by atoms with Crippen LogP contribution in [-0.2, 0) is 10.8 Å². The second-order valence-corrected chi connectivity index (χ2v) is 5.29. The number of aromatic nitrogens is 2. The lowest BCUT2D eigenvalue weighted by Gasteiger charge is -2.21. The molecule has 3 N–H and O–H groups in total. The fourth-order valence-corrected chi connectivity index (χ4v) is 2.84. The zero-order valence-corrected chi connectivity index (χ0v) is 9.33. The van der Waals surface area contributed by atoms with Gasteiger partial charge < -0.3 is 11.1 Å². The molecule has 0 unspecified atom stereocenters. The van der Waals surface area contributed by atoms with Crippen molar-refractivity contribution in [3.63, 3.8) is 0 Å². The van der Waals surface area contributed by atoms with E-state index >= 15 is 0 Å². The number of rotatable bonds is 2. The fourth-order valence-electron chi connectivity index (χ4n) is 1.54. The Morgan fingerprint density at radius 2 is 2.12 bits per heavy atom. The Bertz CT molecular complexity index is 409. The fraction of sp³-hybridized carbons (Fsp3) is 0.625. The molecule has 1 amide bonds. The van der Waals surface area contributed by atoms with E-state index in [9.17, 15) is 9.00 Å². The Hall–Kier alpha value is -1.44. The number of carbonyl (C=O) groups excluding carboxylic acids is 1. The Labute approximate surface area is 94.2 Å². The van der Waals surface area contributed by atoms with Crippen LogP contribution >= 0.6 is 0 Å². The van der Waals surface area contributed by atoms with Crippen molar-refractivity contribution in [2.75, 3.05) is 17.2 Å². The number of nitrogens with one attached hydrogen (secondary N) is 1. The largest absolute Gasteiger partial charge is 0.379 e. The molecule has 0 aliphatic carbocycles. The van der Waals surface area contributed by atoms with Gasteiger partial charge in [0.2, 0.25) is 11.5 Å². The summed E-state index contributed by atoms with van der Waals surface area (Å²) in [5, 5.41) is 9.50. The number of carbonyl (C=O) groups is 1. The molecule has 1 aromatic rings. The Morgan fingerprint density at radius 1 is 1.44 bits per heavy atom. The van der Waals surface area contributed by atoms with Gasteiger partial charge in [-0.3, -0.25) is 9.00 Å². The molecule has 88 valence electrons. The van der Waals surface area contributed by atoms with Gasteiger partial charge in [-0.15, -0.1) is 0 Å². The SMILES string of the molecule is Nc1nonc1C(=O)NC1CCS(=O)CC1. The van der Waals surface area contributed by atoms with Gasteiger partial charge in [0.15, 0.2) is 0 Å². The van der Waals surface area contributed by atoms with Crippen LogP contribution in [0.25, 0.3) is 0 Å². The smallest absolute Gasteiger partial charge is 0.277 e. The van der Waals surface area contributed by atoms with Crippen molar-refractivity contribution in [3.8, 4) is 0 Å². The minimum Gasteiger partial charge on any atom is -0.379 e. The minimum absolute atomic E-state index is 0.00620. The molecule has 1 saturated heterocycles. The average Bonchev–Trinajstić information content (AvgIpc) is 2.68. The Morgan fingerprint density at radius 3 is 2.69 bits per heavy atom. The highest BCUT2D eigenvalue weighted by atomic mass is 32.2. The van der Waals surface area contributed by atoms with Gasteiger partial charge in [-0.2, -0.15) is 0 Å². The van der Waals surface area contributed by atoms with Gasteiger partial charge in [0.05, 0.1) is 0 Å². The standard InChI is InChI=1S/C8H12N4O3S/c9-7-6(11-15-12-7)8(13)10-5-1-3-16(14)4-2-5/h5H,1-4H2,(H2,9,12)(H,10,13). The van der Waals surface area contributed by atoms with Crippen molar-refractivity contribution in [3.05, 3.63) is 5.69 Å². The molecule has 2 rings (SSSR count). The summed E-state index contributed by atoms with van der Waals surface area (Å²) in [5.74, 6) is 0.836. The van der Waals surface area contributed by atoms with Gasteiger partial charge in [-0.1, -0.05) is 0 Å². The summed E-state index contributed by atoms with van der Waals surface area (Å²) >= 11 is 0. The third-order valence-electron chi connectivity index (χ3n) is 2.45. The van der Waals surface area contributed by atoms with Crippen LogP contribution in [0.15, 0.2) is 4.63 Å². The molecule has 0 atom stereocenters. The molecule has 0 bridgehead atoms. The van der Waals surface area contributed by atoms with Crippen LogP contribution in [0.3, 0.4) is 0 Å². The van der Waals surface area contributed by atoms with Gasteiger partial charge in [-0.05, 0) is 23.2 Å². The first-order chi connectivity index (χ1) is 7.66. The number of hydrogen-bond acceptors (Lipinski definition) is 6. The lowest BCUT2D eigenvalue weighted by atomic mass is 10.1. The predicted octanol–water partition coefficient (Wildman–Crippen LogP) is -0.707. The molecular formula is C8H12N4O3S. The summed E-state index contributed by atoms with van der Waals surface area (Å²) in [5.41, 5.74) is 5.40. The quantitative estimate of drug-likeness (QED) is 0.711. The van der Waals surface area contributed by atoms with Crippen molar-refractivity contribution >= 4 is 22.5 Å². The van der Waals surface area contributed by atoms with Gasteiger partial charge in [-0.25, -0.2) is 4.63 Å². The molecule has 1 aromatic heterocycles. The van der Waals surface area contributed by atoms with E-state index in [1.54, 1.807) is 0 Å². The summed E-state index contributed by atoms with van der Waals surface area (Å²) in [6.45, 7) is 0. The first kappa shape index (κ1) is 11.1. The molecule has 8 heteroatoms. The molecule has 2 heterocycles. The van der Waals surface area contributed by atoms with Crippen LogP contribution in [0, 0.1) is 0 Å². The molecule has 1 aliphatic rings. The molecule has 7 nitrogen and oxygen atoms in total. The number of nitrogen functional groups attached to an aromatic ring is 1. The van der Waals surface area contributed by atoms with Gasteiger partial charge in [0.25, 0.3) is 5.91 Å². The maximum atomic E-state index is 11.6. The highest BCUT2D eigenvalue weighted by Crippen LogP contribution is 2.11. The topological polar surface area (TPSA) is 111 Å². The van der Waals surface area contributed by atoms with Crippen LogP contribution in [0.2, 0.25) is 0 Å². The lowest BCUT2D eigenvalue weighted by Crippen LogP contribution is -2.39. The summed E-state index contributed by atoms with van der Waals surface area (Å²) in [7, 11) is -0.739. The van der Waals surface area contributed by atoms with E-state index in [0.717, 1.165) is 0 Å². The second-order valence-electron chi connectivity index (χ2n) is 3.59. The number of nitrogens with zero attached hydrogens (tertiary/aromatic N) is 2. The molecule has 0 radical (unpaired) electrons. The molecule has 0 aromatic carbocycles. The number of hydrogen-bond donors (Lipinski definition) is 2. The van der Waals surface area contributed by atoms with Gasteiger partial charge >= 0.3 is 0 Å². The van der Waals surface area contributed by atoms with E-state index in [2.05, 4.69) is 20.3 Å². The summed E-state index contributed by atoms with van der Waals surface area (Å²) in [6.07, 6.45) is 1.42. The molecule has 1 fully saturated rings. The van der Waals surface area contributed by atoms with E-state index in [0.29, 0.717) is 24.3 Å². The average molecular weight is 244 g/mol. The maximum Gasteiger partial charge on any atom is 0.277 e. The van der Waals surface area contributed by atoms with E-state index < -0.39 is 16.7 Å². The highest BCUT2D eigenvalue weighted by molar-refractivity contribution is 7.85. The van der Waals surface area contributed by atoms with Crippen molar-refractivity contribution < 1.29 is 13.6 Å². The Balaban J connectivity index is 1.93. The van der Waals surface area contributed by atoms with Crippen molar-refractivity contribution in [1.29, 1.82) is 0 Å². The predicted molar refractivity (Wildman–Crippen MR) is 57.1 cm³/mol. The lowest BCUT2D eigenvalue weighted by molar-refractivity contribution is 0.0925. The Kier molecular flexibility index (Phi) is 3.18. The second kappa shape index (κ2) is 4.60. The van der Waals surface area contributed by atoms with Gasteiger partial charge in [0, 0.05) is 28.3 Å². The molecule has 0 spiro atoms. The zero-order chi connectivity index (χ0) is 11.5. The van der Waals surface area contributed by atoms with Crippen LogP contribution in [-0.4, -0.2) is 38.0 Å². The first-order valence-corrected chi connectivity index (χ1v) is 6.39. The van der Waals surface area contributed by atoms with Crippen LogP contribution < -0.4 is 11.1 Å². The number of amides is 1. The summed E-state index contributed by atoms with van der Waals surface area (Å²) in [4.78, 5) is 11.6. The van der Waals surface area contributed by atoms with E-state index in [-0.39, 0.29) is 17.6 Å². The summed E-state index contributed by atoms with van der Waals surface area (Å²) in [6, 6.07) is 0.0290. The van der Waals surface area contributed by atoms with Crippen LogP contribution in [0.4, 0.5) is 5.82 Å². The van der Waals surface area contributed by atoms with E-state index in [1.807, 2.05) is 0 Å². The van der Waals surface area contributed by atoms with E-state index in [1.165, 1.54) is 0 Å². The third kappa shape index (κ3) is 2.38. The molecular weight excluding hydrogens is 232 g/mol. The summed E-state index contributed by atoms with van der Waals surface area (Å²) < 4.78 is 15.5. The number of anilines is 1. The van der Waals surface area contributed by atoms with Crippen molar-refractivity contribution in [1.82, 2.24) is 15.6 Å². The monoisotopic (exact) mass is 244 g/mol. The molecule has 1 aliphatic heterocycles. The first-order valence-electron chi connectivity index (χ1n) is 4.90. The van der Waals surface area contributed by atoms with Crippen molar-refractivity contribution in [2.45, 2.75) is 18.9 Å². The maximum absolute atomic E-state index is 11.6. The minimum atomic E-state index is -0.739. The van der Waals surface area contributed by atoms with Crippen LogP contribution in [0.5, 0.6) is 0 Å². The normalized spacial score (nSPS) is 25.2. The van der Waals surface area contributed by atoms with E-state index in [4.69, 9.17) is 5.73 Å². The number of nitrogens with two attached hydrogens (primary N) is 1.